The van der Waals surface area contributed by atoms with Crippen LogP contribution in [-0.2, 0) is 4.79 Å². The van der Waals surface area contributed by atoms with E-state index >= 15 is 0 Å². The first-order valence-electron chi connectivity index (χ1n) is 9.72. The number of nitrogens with one attached hydrogen (secondary N) is 1. The molecule has 0 saturated carbocycles. The van der Waals surface area contributed by atoms with E-state index in [-0.39, 0.29) is 18.4 Å². The van der Waals surface area contributed by atoms with E-state index in [2.05, 4.69) is 17.4 Å². The maximum Gasteiger partial charge on any atom is 0.254 e. The molecule has 1 N–H and O–H groups in total. The molecule has 29 heavy (non-hydrogen) atoms. The second-order valence-electron chi connectivity index (χ2n) is 6.76. The smallest absolute Gasteiger partial charge is 0.254 e. The van der Waals surface area contributed by atoms with Crippen molar-refractivity contribution in [1.82, 2.24) is 10.1 Å². The second kappa shape index (κ2) is 11.1. The third-order valence-electron chi connectivity index (χ3n) is 4.40. The highest BCUT2D eigenvalue weighted by Crippen LogP contribution is 2.23. The number of hydrogen-bond acceptors (Lipinski definition) is 6. The number of carbonyl (C=O) groups is 2. The third-order valence-corrected chi connectivity index (χ3v) is 4.40. The molecule has 0 spiro atoms. The number of aromatic nitrogens is 1. The first-order valence-corrected chi connectivity index (χ1v) is 9.72. The fourth-order valence-corrected chi connectivity index (χ4v) is 2.88. The van der Waals surface area contributed by atoms with Crippen molar-refractivity contribution < 1.29 is 23.6 Å². The summed E-state index contributed by atoms with van der Waals surface area (Å²) in [6.07, 6.45) is 3.98. The number of rotatable bonds is 11. The predicted molar refractivity (Wildman–Crippen MR) is 109 cm³/mol. The molecule has 1 heterocycles. The predicted octanol–water partition coefficient (Wildman–Crippen LogP) is 3.66. The standard InChI is InChI=1S/C21H29N3O5/c1-5-6-7-8-9-24(14-20(25)22-19-10-15(2)29-23-19)21(26)16-11-17(27-3)13-18(12-16)28-4/h10-13H,5-9,14H2,1-4H3,(H,22,23,25). The van der Waals surface area contributed by atoms with Gasteiger partial charge in [0.1, 0.15) is 23.8 Å². The van der Waals surface area contributed by atoms with Crippen LogP contribution in [0, 0.1) is 6.92 Å². The highest BCUT2D eigenvalue weighted by molar-refractivity contribution is 5.99. The van der Waals surface area contributed by atoms with Crippen molar-refractivity contribution in [2.75, 3.05) is 32.6 Å². The van der Waals surface area contributed by atoms with Gasteiger partial charge in [0.15, 0.2) is 5.82 Å². The summed E-state index contributed by atoms with van der Waals surface area (Å²) in [5, 5.41) is 6.41. The SMILES string of the molecule is CCCCCCN(CC(=O)Nc1cc(C)on1)C(=O)c1cc(OC)cc(OC)c1. The van der Waals surface area contributed by atoms with Gasteiger partial charge in [0.2, 0.25) is 5.91 Å². The Balaban J connectivity index is 2.15. The second-order valence-corrected chi connectivity index (χ2v) is 6.76. The third kappa shape index (κ3) is 6.81. The zero-order chi connectivity index (χ0) is 21.2. The van der Waals surface area contributed by atoms with Gasteiger partial charge in [-0.25, -0.2) is 0 Å². The topological polar surface area (TPSA) is 93.9 Å². The number of nitrogens with zero attached hydrogens (tertiary/aromatic N) is 2. The lowest BCUT2D eigenvalue weighted by Crippen LogP contribution is -2.38. The molecule has 0 fully saturated rings. The highest BCUT2D eigenvalue weighted by Gasteiger charge is 2.21. The summed E-state index contributed by atoms with van der Waals surface area (Å²) in [5.41, 5.74) is 0.404. The van der Waals surface area contributed by atoms with Gasteiger partial charge in [-0.05, 0) is 25.5 Å². The van der Waals surface area contributed by atoms with Crippen molar-refractivity contribution >= 4 is 17.6 Å². The normalized spacial score (nSPS) is 10.5. The van der Waals surface area contributed by atoms with Crippen LogP contribution < -0.4 is 14.8 Å². The van der Waals surface area contributed by atoms with Crippen molar-refractivity contribution in [2.24, 2.45) is 0 Å². The molecule has 1 aromatic heterocycles. The summed E-state index contributed by atoms with van der Waals surface area (Å²) in [4.78, 5) is 27.1. The Kier molecular flexibility index (Phi) is 8.51. The maximum absolute atomic E-state index is 13.1. The fraction of sp³-hybridized carbons (Fsp3) is 0.476. The van der Waals surface area contributed by atoms with Crippen molar-refractivity contribution in [3.05, 3.63) is 35.6 Å². The van der Waals surface area contributed by atoms with Gasteiger partial charge >= 0.3 is 0 Å². The molecular formula is C21H29N3O5. The Morgan fingerprint density at radius 3 is 2.31 bits per heavy atom. The van der Waals surface area contributed by atoms with E-state index in [1.54, 1.807) is 31.2 Å². The van der Waals surface area contributed by atoms with E-state index in [4.69, 9.17) is 14.0 Å². The molecule has 0 aliphatic carbocycles. The minimum absolute atomic E-state index is 0.0869. The van der Waals surface area contributed by atoms with E-state index in [1.807, 2.05) is 0 Å². The van der Waals surface area contributed by atoms with Gasteiger partial charge in [-0.3, -0.25) is 9.59 Å². The van der Waals surface area contributed by atoms with Crippen molar-refractivity contribution in [1.29, 1.82) is 0 Å². The molecule has 2 rings (SSSR count). The minimum atomic E-state index is -0.336. The van der Waals surface area contributed by atoms with Crippen LogP contribution in [0.2, 0.25) is 0 Å². The summed E-state index contributed by atoms with van der Waals surface area (Å²) in [6.45, 7) is 4.25. The molecule has 2 aromatic rings. The number of anilines is 1. The molecule has 2 amide bonds. The van der Waals surface area contributed by atoms with E-state index in [0.717, 1.165) is 25.7 Å². The van der Waals surface area contributed by atoms with Gasteiger partial charge in [-0.1, -0.05) is 31.3 Å². The Morgan fingerprint density at radius 1 is 1.07 bits per heavy atom. The molecular weight excluding hydrogens is 374 g/mol. The van der Waals surface area contributed by atoms with Gasteiger partial charge in [-0.2, -0.15) is 0 Å². The Hall–Kier alpha value is -3.03. The number of amides is 2. The Morgan fingerprint density at radius 2 is 1.76 bits per heavy atom. The van der Waals surface area contributed by atoms with E-state index in [0.29, 0.717) is 35.2 Å². The zero-order valence-corrected chi connectivity index (χ0v) is 17.5. The number of ether oxygens (including phenoxy) is 2. The monoisotopic (exact) mass is 403 g/mol. The molecule has 1 aromatic carbocycles. The molecule has 0 bridgehead atoms. The lowest BCUT2D eigenvalue weighted by atomic mass is 10.1. The van der Waals surface area contributed by atoms with Crippen LogP contribution >= 0.6 is 0 Å². The van der Waals surface area contributed by atoms with Crippen LogP contribution in [0.4, 0.5) is 5.82 Å². The molecule has 158 valence electrons. The molecule has 0 radical (unpaired) electrons. The van der Waals surface area contributed by atoms with E-state index in [1.165, 1.54) is 19.1 Å². The van der Waals surface area contributed by atoms with Gasteiger partial charge < -0.3 is 24.2 Å². The number of carbonyl (C=O) groups excluding carboxylic acids is 2. The van der Waals surface area contributed by atoms with Crippen LogP contribution in [0.25, 0.3) is 0 Å². The molecule has 0 unspecified atom stereocenters. The summed E-state index contributed by atoms with van der Waals surface area (Å²) >= 11 is 0. The summed E-state index contributed by atoms with van der Waals surface area (Å²) < 4.78 is 15.5. The van der Waals surface area contributed by atoms with Gasteiger partial charge in [0.05, 0.1) is 14.2 Å². The summed E-state index contributed by atoms with van der Waals surface area (Å²) in [7, 11) is 3.05. The van der Waals surface area contributed by atoms with Crippen molar-refractivity contribution in [3.63, 3.8) is 0 Å². The maximum atomic E-state index is 13.1. The van der Waals surface area contributed by atoms with Gasteiger partial charge in [0.25, 0.3) is 5.91 Å². The van der Waals surface area contributed by atoms with Crippen LogP contribution in [0.1, 0.15) is 48.7 Å². The number of unbranched alkanes of at least 4 members (excludes halogenated alkanes) is 3. The summed E-state index contributed by atoms with van der Waals surface area (Å²) in [6, 6.07) is 6.60. The lowest BCUT2D eigenvalue weighted by molar-refractivity contribution is -0.117. The zero-order valence-electron chi connectivity index (χ0n) is 17.5. The fourth-order valence-electron chi connectivity index (χ4n) is 2.88. The Labute approximate surface area is 171 Å². The number of benzene rings is 1. The average molecular weight is 403 g/mol. The van der Waals surface area contributed by atoms with Crippen molar-refractivity contribution in [3.8, 4) is 11.5 Å². The minimum Gasteiger partial charge on any atom is -0.497 e. The van der Waals surface area contributed by atoms with Gasteiger partial charge in [-0.15, -0.1) is 0 Å². The first-order chi connectivity index (χ1) is 14.0. The molecule has 8 nitrogen and oxygen atoms in total. The molecule has 0 atom stereocenters. The van der Waals surface area contributed by atoms with E-state index in [9.17, 15) is 9.59 Å². The van der Waals surface area contributed by atoms with Crippen LogP contribution in [0.3, 0.4) is 0 Å². The molecule has 0 aliphatic rings. The van der Waals surface area contributed by atoms with Crippen molar-refractivity contribution in [2.45, 2.75) is 39.5 Å². The molecule has 8 heteroatoms. The van der Waals surface area contributed by atoms with Gasteiger partial charge in [0, 0.05) is 24.2 Å². The first kappa shape index (κ1) is 22.3. The largest absolute Gasteiger partial charge is 0.497 e. The van der Waals surface area contributed by atoms with E-state index < -0.39 is 0 Å². The van der Waals surface area contributed by atoms with Crippen LogP contribution in [0.5, 0.6) is 11.5 Å². The number of methoxy groups -OCH3 is 2. The quantitative estimate of drug-likeness (QED) is 0.576. The molecule has 0 aliphatic heterocycles. The van der Waals surface area contributed by atoms with Crippen LogP contribution in [-0.4, -0.2) is 49.2 Å². The lowest BCUT2D eigenvalue weighted by Gasteiger charge is -2.22. The average Bonchev–Trinajstić information content (AvgIpc) is 3.13. The number of aryl methyl sites for hydroxylation is 1. The van der Waals surface area contributed by atoms with Crippen LogP contribution in [0.15, 0.2) is 28.8 Å². The Bertz CT molecular complexity index is 796. The molecule has 0 saturated heterocycles. The highest BCUT2D eigenvalue weighted by atomic mass is 16.5. The number of hydrogen-bond donors (Lipinski definition) is 1. The summed E-state index contributed by atoms with van der Waals surface area (Å²) in [5.74, 6) is 1.36.